The fourth-order valence-corrected chi connectivity index (χ4v) is 6.39. The second-order valence-corrected chi connectivity index (χ2v) is 11.2. The molecule has 7 aromatic carbocycles. The van der Waals surface area contributed by atoms with E-state index in [0.29, 0.717) is 0 Å². The van der Waals surface area contributed by atoms with Crippen LogP contribution in [0.25, 0.3) is 55.1 Å². The molecule has 0 spiro atoms. The lowest BCUT2D eigenvalue weighted by molar-refractivity contribution is 1.20. The SMILES string of the molecule is c1ccc(-c2ccc(-c3c4ccccc4c(N(c4ccccc4)c4cccc(-c5ccccc5)n4)c4ccccc34)cc2)cc1. The molecule has 0 atom stereocenters. The van der Waals surface area contributed by atoms with Crippen molar-refractivity contribution in [2.45, 2.75) is 0 Å². The summed E-state index contributed by atoms with van der Waals surface area (Å²) in [5.41, 5.74) is 9.09. The van der Waals surface area contributed by atoms with Gasteiger partial charge in [-0.2, -0.15) is 0 Å². The third-order valence-corrected chi connectivity index (χ3v) is 8.45. The van der Waals surface area contributed by atoms with Crippen molar-refractivity contribution < 1.29 is 0 Å². The summed E-state index contributed by atoms with van der Waals surface area (Å²) in [4.78, 5) is 7.57. The van der Waals surface area contributed by atoms with Gasteiger partial charge in [0.1, 0.15) is 5.82 Å². The number of hydrogen-bond acceptors (Lipinski definition) is 2. The van der Waals surface area contributed by atoms with Crippen LogP contribution in [0.15, 0.2) is 182 Å². The molecule has 0 aliphatic carbocycles. The molecule has 8 rings (SSSR count). The summed E-state index contributed by atoms with van der Waals surface area (Å²) in [7, 11) is 0. The zero-order chi connectivity index (χ0) is 30.0. The molecule has 0 aliphatic heterocycles. The molecule has 0 saturated heterocycles. The van der Waals surface area contributed by atoms with Crippen molar-refractivity contribution in [2.75, 3.05) is 4.90 Å². The van der Waals surface area contributed by atoms with E-state index in [4.69, 9.17) is 4.98 Å². The first-order valence-corrected chi connectivity index (χ1v) is 15.3. The Morgan fingerprint density at radius 2 is 0.800 bits per heavy atom. The summed E-state index contributed by atoms with van der Waals surface area (Å²) in [6, 6.07) is 64.4. The largest absolute Gasteiger partial charge is 0.294 e. The standard InChI is InChI=1S/C43H30N2/c1-4-15-31(16-5-1)32-27-29-34(30-28-32)42-36-21-10-12-23-38(36)43(39-24-13-11-22-37(39)42)45(35-19-8-3-9-20-35)41-26-14-25-40(44-41)33-17-6-2-7-18-33/h1-30H. The van der Waals surface area contributed by atoms with E-state index in [-0.39, 0.29) is 0 Å². The third-order valence-electron chi connectivity index (χ3n) is 8.45. The van der Waals surface area contributed by atoms with Crippen molar-refractivity contribution in [3.05, 3.63) is 182 Å². The van der Waals surface area contributed by atoms with Gasteiger partial charge in [0, 0.05) is 22.0 Å². The van der Waals surface area contributed by atoms with Crippen LogP contribution in [0.2, 0.25) is 0 Å². The number of aromatic nitrogens is 1. The van der Waals surface area contributed by atoms with E-state index in [1.807, 2.05) is 6.07 Å². The van der Waals surface area contributed by atoms with E-state index in [9.17, 15) is 0 Å². The smallest absolute Gasteiger partial charge is 0.138 e. The topological polar surface area (TPSA) is 16.1 Å². The first kappa shape index (κ1) is 26.6. The molecule has 0 aliphatic rings. The van der Waals surface area contributed by atoms with E-state index in [1.54, 1.807) is 0 Å². The van der Waals surface area contributed by atoms with Crippen molar-refractivity contribution in [3.63, 3.8) is 0 Å². The Labute approximate surface area is 263 Å². The molecule has 0 N–H and O–H groups in total. The maximum absolute atomic E-state index is 5.25. The van der Waals surface area contributed by atoms with Crippen molar-refractivity contribution in [1.29, 1.82) is 0 Å². The zero-order valence-corrected chi connectivity index (χ0v) is 24.7. The van der Waals surface area contributed by atoms with Crippen LogP contribution >= 0.6 is 0 Å². The van der Waals surface area contributed by atoms with E-state index in [1.165, 1.54) is 43.8 Å². The molecule has 45 heavy (non-hydrogen) atoms. The summed E-state index contributed by atoms with van der Waals surface area (Å²) >= 11 is 0. The molecule has 1 heterocycles. The van der Waals surface area contributed by atoms with Crippen LogP contribution in [-0.2, 0) is 0 Å². The van der Waals surface area contributed by atoms with Gasteiger partial charge in [-0.3, -0.25) is 4.90 Å². The van der Waals surface area contributed by atoms with Crippen LogP contribution in [0.1, 0.15) is 0 Å². The fraction of sp³-hybridized carbons (Fsp3) is 0. The van der Waals surface area contributed by atoms with Crippen molar-refractivity contribution >= 4 is 38.7 Å². The van der Waals surface area contributed by atoms with Crippen LogP contribution in [0.3, 0.4) is 0 Å². The molecular weight excluding hydrogens is 544 g/mol. The summed E-state index contributed by atoms with van der Waals surface area (Å²) in [5.74, 6) is 0.873. The van der Waals surface area contributed by atoms with Gasteiger partial charge in [0.15, 0.2) is 0 Å². The van der Waals surface area contributed by atoms with Crippen LogP contribution in [0.5, 0.6) is 0 Å². The zero-order valence-electron chi connectivity index (χ0n) is 24.7. The van der Waals surface area contributed by atoms with Gasteiger partial charge in [-0.15, -0.1) is 0 Å². The van der Waals surface area contributed by atoms with Gasteiger partial charge in [-0.05, 0) is 57.3 Å². The molecule has 212 valence electrons. The normalized spacial score (nSPS) is 11.1. The van der Waals surface area contributed by atoms with Gasteiger partial charge in [-0.1, -0.05) is 158 Å². The van der Waals surface area contributed by atoms with Crippen LogP contribution < -0.4 is 4.90 Å². The quantitative estimate of drug-likeness (QED) is 0.184. The van der Waals surface area contributed by atoms with E-state index in [2.05, 4.69) is 181 Å². The first-order valence-electron chi connectivity index (χ1n) is 15.3. The van der Waals surface area contributed by atoms with E-state index in [0.717, 1.165) is 28.5 Å². The maximum atomic E-state index is 5.25. The number of anilines is 3. The lowest BCUT2D eigenvalue weighted by Gasteiger charge is -2.29. The molecule has 1 aromatic heterocycles. The lowest BCUT2D eigenvalue weighted by Crippen LogP contribution is -2.13. The van der Waals surface area contributed by atoms with E-state index < -0.39 is 0 Å². The molecule has 8 aromatic rings. The van der Waals surface area contributed by atoms with Gasteiger partial charge in [0.25, 0.3) is 0 Å². The van der Waals surface area contributed by atoms with Gasteiger partial charge < -0.3 is 0 Å². The number of nitrogens with zero attached hydrogens (tertiary/aromatic N) is 2. The Morgan fingerprint density at radius 3 is 1.40 bits per heavy atom. The molecule has 0 fully saturated rings. The number of fused-ring (bicyclic) bond motifs is 2. The van der Waals surface area contributed by atoms with Gasteiger partial charge >= 0.3 is 0 Å². The number of pyridine rings is 1. The van der Waals surface area contributed by atoms with Gasteiger partial charge in [0.05, 0.1) is 11.4 Å². The molecule has 0 amide bonds. The highest BCUT2D eigenvalue weighted by Gasteiger charge is 2.23. The predicted octanol–water partition coefficient (Wildman–Crippen LogP) is 11.9. The average molecular weight is 575 g/mol. The van der Waals surface area contributed by atoms with Crippen LogP contribution in [0.4, 0.5) is 17.2 Å². The molecule has 0 saturated carbocycles. The average Bonchev–Trinajstić information content (AvgIpc) is 3.13. The lowest BCUT2D eigenvalue weighted by atomic mass is 9.89. The first-order chi connectivity index (χ1) is 22.3. The van der Waals surface area contributed by atoms with E-state index >= 15 is 0 Å². The molecule has 2 heteroatoms. The van der Waals surface area contributed by atoms with Crippen molar-refractivity contribution in [2.24, 2.45) is 0 Å². The molecule has 2 nitrogen and oxygen atoms in total. The highest BCUT2D eigenvalue weighted by atomic mass is 15.2. The minimum atomic E-state index is 0.873. The fourth-order valence-electron chi connectivity index (χ4n) is 6.39. The van der Waals surface area contributed by atoms with Crippen LogP contribution in [-0.4, -0.2) is 4.98 Å². The number of hydrogen-bond donors (Lipinski definition) is 0. The predicted molar refractivity (Wildman–Crippen MR) is 190 cm³/mol. The highest BCUT2D eigenvalue weighted by Crippen LogP contribution is 2.47. The second-order valence-electron chi connectivity index (χ2n) is 11.2. The minimum Gasteiger partial charge on any atom is -0.294 e. The second kappa shape index (κ2) is 11.6. The molecule has 0 bridgehead atoms. The van der Waals surface area contributed by atoms with Gasteiger partial charge in [0.2, 0.25) is 0 Å². The summed E-state index contributed by atoms with van der Waals surface area (Å²) in [6.07, 6.45) is 0. The molecule has 0 radical (unpaired) electrons. The summed E-state index contributed by atoms with van der Waals surface area (Å²) in [5, 5.41) is 4.76. The summed E-state index contributed by atoms with van der Waals surface area (Å²) in [6.45, 7) is 0. The number of rotatable bonds is 6. The Balaban J connectivity index is 1.39. The Bertz CT molecular complexity index is 2180. The Hall–Kier alpha value is -5.99. The number of para-hydroxylation sites is 1. The maximum Gasteiger partial charge on any atom is 0.138 e. The van der Waals surface area contributed by atoms with Crippen molar-refractivity contribution in [1.82, 2.24) is 4.98 Å². The molecule has 0 unspecified atom stereocenters. The minimum absolute atomic E-state index is 0.873. The summed E-state index contributed by atoms with van der Waals surface area (Å²) < 4.78 is 0. The highest BCUT2D eigenvalue weighted by molar-refractivity contribution is 6.22. The monoisotopic (exact) mass is 574 g/mol. The van der Waals surface area contributed by atoms with Gasteiger partial charge in [-0.25, -0.2) is 4.98 Å². The molecular formula is C43H30N2. The van der Waals surface area contributed by atoms with Crippen molar-refractivity contribution in [3.8, 4) is 33.5 Å². The third kappa shape index (κ3) is 4.93. The Kier molecular flexibility index (Phi) is 6.86. The van der Waals surface area contributed by atoms with Crippen LogP contribution in [0, 0.1) is 0 Å². The Morgan fingerprint density at radius 1 is 0.333 bits per heavy atom. The number of benzene rings is 7.